The van der Waals surface area contributed by atoms with E-state index in [9.17, 15) is 8.42 Å². The Morgan fingerprint density at radius 2 is 2.00 bits per heavy atom. The number of sulfonamides is 1. The van der Waals surface area contributed by atoms with Crippen molar-refractivity contribution < 1.29 is 8.42 Å². The van der Waals surface area contributed by atoms with Crippen molar-refractivity contribution in [3.63, 3.8) is 0 Å². The molecule has 0 spiro atoms. The third-order valence-electron chi connectivity index (χ3n) is 3.42. The molecule has 26 heavy (non-hydrogen) atoms. The van der Waals surface area contributed by atoms with Gasteiger partial charge in [-0.2, -0.15) is 0 Å². The zero-order valence-electron chi connectivity index (χ0n) is 14.5. The summed E-state index contributed by atoms with van der Waals surface area (Å²) in [5.74, 6) is 0.647. The first-order chi connectivity index (χ1) is 12.4. The van der Waals surface area contributed by atoms with Crippen LogP contribution in [-0.4, -0.2) is 20.7 Å². The fourth-order valence-corrected chi connectivity index (χ4v) is 5.50. The molecule has 0 aliphatic heterocycles. The molecule has 4 nitrogen and oxygen atoms in total. The van der Waals surface area contributed by atoms with E-state index in [4.69, 9.17) is 5.73 Å². The largest absolute Gasteiger partial charge is 0.397 e. The average molecular weight is 407 g/mol. The van der Waals surface area contributed by atoms with Gasteiger partial charge in [0.05, 0.1) is 5.69 Å². The topological polar surface area (TPSA) is 72.2 Å². The molecule has 0 atom stereocenters. The minimum Gasteiger partial charge on any atom is -0.397 e. The SMILES string of the molecule is C=C/C=C\c1cccc(S(=O)(=O)NCCSSc2cccc(C)c2)c1N. The summed E-state index contributed by atoms with van der Waals surface area (Å²) in [7, 11) is -0.408. The molecule has 3 N–H and O–H groups in total. The van der Waals surface area contributed by atoms with Gasteiger partial charge in [0.15, 0.2) is 0 Å². The molecule has 0 saturated heterocycles. The van der Waals surface area contributed by atoms with Crippen LogP contribution in [0, 0.1) is 6.92 Å². The summed E-state index contributed by atoms with van der Waals surface area (Å²) in [6.07, 6.45) is 5.06. The van der Waals surface area contributed by atoms with Gasteiger partial charge in [0.2, 0.25) is 10.0 Å². The zero-order chi connectivity index (χ0) is 19.0. The van der Waals surface area contributed by atoms with Crippen molar-refractivity contribution in [1.82, 2.24) is 4.72 Å². The summed E-state index contributed by atoms with van der Waals surface area (Å²) in [5.41, 5.74) is 8.11. The van der Waals surface area contributed by atoms with E-state index in [0.717, 1.165) is 4.90 Å². The summed E-state index contributed by atoms with van der Waals surface area (Å²) < 4.78 is 27.6. The van der Waals surface area contributed by atoms with Gasteiger partial charge in [-0.15, -0.1) is 0 Å². The smallest absolute Gasteiger partial charge is 0.242 e. The molecule has 0 unspecified atom stereocenters. The van der Waals surface area contributed by atoms with Crippen LogP contribution >= 0.6 is 21.6 Å². The van der Waals surface area contributed by atoms with Crippen LogP contribution in [0.2, 0.25) is 0 Å². The molecule has 0 amide bonds. The van der Waals surface area contributed by atoms with E-state index in [-0.39, 0.29) is 10.6 Å². The standard InChI is InChI=1S/C19H22N2O2S3/c1-3-4-8-16-9-6-11-18(19(16)20)26(22,23)21-12-13-24-25-17-10-5-7-15(2)14-17/h3-11,14,21H,1,12-13,20H2,2H3/b8-4-. The van der Waals surface area contributed by atoms with Gasteiger partial charge in [0, 0.05) is 17.2 Å². The van der Waals surface area contributed by atoms with Crippen LogP contribution in [0.15, 0.2) is 71.0 Å². The van der Waals surface area contributed by atoms with E-state index < -0.39 is 10.0 Å². The van der Waals surface area contributed by atoms with E-state index in [1.807, 2.05) is 25.1 Å². The van der Waals surface area contributed by atoms with Gasteiger partial charge in [0.1, 0.15) is 4.90 Å². The third-order valence-corrected chi connectivity index (χ3v) is 7.31. The molecule has 0 bridgehead atoms. The second kappa shape index (κ2) is 9.87. The number of anilines is 1. The molecular weight excluding hydrogens is 384 g/mol. The molecule has 0 aliphatic carbocycles. The molecule has 0 aromatic heterocycles. The van der Waals surface area contributed by atoms with Gasteiger partial charge >= 0.3 is 0 Å². The number of benzene rings is 2. The predicted octanol–water partition coefficient (Wildman–Crippen LogP) is 4.50. The number of allylic oxidation sites excluding steroid dienone is 2. The van der Waals surface area contributed by atoms with Crippen LogP contribution in [0.3, 0.4) is 0 Å². The lowest BCUT2D eigenvalue weighted by atomic mass is 10.1. The van der Waals surface area contributed by atoms with Crippen molar-refractivity contribution in [2.75, 3.05) is 18.0 Å². The van der Waals surface area contributed by atoms with Crippen molar-refractivity contribution in [2.24, 2.45) is 0 Å². The molecule has 138 valence electrons. The minimum atomic E-state index is -3.65. The van der Waals surface area contributed by atoms with E-state index in [2.05, 4.69) is 17.4 Å². The monoisotopic (exact) mass is 406 g/mol. The van der Waals surface area contributed by atoms with Crippen molar-refractivity contribution in [3.8, 4) is 0 Å². The number of para-hydroxylation sites is 1. The Bertz CT molecular complexity index is 893. The van der Waals surface area contributed by atoms with Crippen LogP contribution < -0.4 is 10.5 Å². The van der Waals surface area contributed by atoms with Gasteiger partial charge in [-0.1, -0.05) is 70.7 Å². The summed E-state index contributed by atoms with van der Waals surface area (Å²) in [6.45, 7) is 5.98. The molecule has 7 heteroatoms. The number of aryl methyl sites for hydroxylation is 1. The Balaban J connectivity index is 1.92. The second-order valence-electron chi connectivity index (χ2n) is 5.47. The van der Waals surface area contributed by atoms with Crippen LogP contribution in [0.1, 0.15) is 11.1 Å². The Hall–Kier alpha value is -1.67. The van der Waals surface area contributed by atoms with Gasteiger partial charge in [-0.05, 0) is 36.2 Å². The summed E-state index contributed by atoms with van der Waals surface area (Å²) in [6, 6.07) is 13.2. The quantitative estimate of drug-likeness (QED) is 0.278. The van der Waals surface area contributed by atoms with Crippen LogP contribution in [0.4, 0.5) is 5.69 Å². The van der Waals surface area contributed by atoms with Crippen molar-refractivity contribution in [1.29, 1.82) is 0 Å². The lowest BCUT2D eigenvalue weighted by Gasteiger charge is -2.11. The Kier molecular flexibility index (Phi) is 7.84. The van der Waals surface area contributed by atoms with E-state index >= 15 is 0 Å². The lowest BCUT2D eigenvalue weighted by Crippen LogP contribution is -2.26. The first-order valence-corrected chi connectivity index (χ1v) is 11.8. The minimum absolute atomic E-state index is 0.0973. The van der Waals surface area contributed by atoms with Crippen molar-refractivity contribution in [2.45, 2.75) is 16.7 Å². The van der Waals surface area contributed by atoms with Gasteiger partial charge in [0.25, 0.3) is 0 Å². The third kappa shape index (κ3) is 5.95. The highest BCUT2D eigenvalue weighted by Crippen LogP contribution is 2.31. The molecule has 0 radical (unpaired) electrons. The normalized spacial score (nSPS) is 11.7. The molecule has 0 fully saturated rings. The molecule has 2 aromatic carbocycles. The highest BCUT2D eigenvalue weighted by atomic mass is 33.1. The van der Waals surface area contributed by atoms with Crippen molar-refractivity contribution in [3.05, 3.63) is 72.3 Å². The Labute approximate surface area is 163 Å². The maximum atomic E-state index is 12.5. The summed E-state index contributed by atoms with van der Waals surface area (Å²) >= 11 is 0. The number of hydrogen-bond donors (Lipinski definition) is 2. The van der Waals surface area contributed by atoms with Crippen LogP contribution in [0.5, 0.6) is 0 Å². The van der Waals surface area contributed by atoms with E-state index in [1.54, 1.807) is 51.9 Å². The first kappa shape index (κ1) is 20.6. The van der Waals surface area contributed by atoms with E-state index in [0.29, 0.717) is 17.9 Å². The predicted molar refractivity (Wildman–Crippen MR) is 115 cm³/mol. The fraction of sp³-hybridized carbons (Fsp3) is 0.158. The van der Waals surface area contributed by atoms with E-state index in [1.165, 1.54) is 11.6 Å². The maximum Gasteiger partial charge on any atom is 0.242 e. The zero-order valence-corrected chi connectivity index (χ0v) is 17.0. The molecule has 2 rings (SSSR count). The number of hydrogen-bond acceptors (Lipinski definition) is 5. The number of nitrogens with one attached hydrogen (secondary N) is 1. The highest BCUT2D eigenvalue weighted by Gasteiger charge is 2.18. The molecule has 0 aliphatic rings. The number of rotatable bonds is 9. The first-order valence-electron chi connectivity index (χ1n) is 7.97. The highest BCUT2D eigenvalue weighted by molar-refractivity contribution is 8.76. The van der Waals surface area contributed by atoms with Gasteiger partial charge in [-0.25, -0.2) is 13.1 Å². The summed E-state index contributed by atoms with van der Waals surface area (Å²) in [4.78, 5) is 1.25. The number of nitrogen functional groups attached to an aromatic ring is 1. The Morgan fingerprint density at radius 3 is 2.73 bits per heavy atom. The number of nitrogens with two attached hydrogens (primary N) is 1. The van der Waals surface area contributed by atoms with Crippen LogP contribution in [-0.2, 0) is 10.0 Å². The summed E-state index contributed by atoms with van der Waals surface area (Å²) in [5, 5.41) is 0. The van der Waals surface area contributed by atoms with Crippen molar-refractivity contribution >= 4 is 43.4 Å². The molecule has 0 heterocycles. The molecular formula is C19H22N2O2S3. The Morgan fingerprint density at radius 1 is 1.23 bits per heavy atom. The molecule has 2 aromatic rings. The lowest BCUT2D eigenvalue weighted by molar-refractivity contribution is 0.584. The maximum absolute atomic E-state index is 12.5. The fourth-order valence-electron chi connectivity index (χ4n) is 2.18. The van der Waals surface area contributed by atoms with Gasteiger partial charge < -0.3 is 5.73 Å². The van der Waals surface area contributed by atoms with Crippen LogP contribution in [0.25, 0.3) is 6.08 Å². The molecule has 0 saturated carbocycles. The second-order valence-corrected chi connectivity index (χ2v) is 9.70. The average Bonchev–Trinajstić information content (AvgIpc) is 2.60. The van der Waals surface area contributed by atoms with Gasteiger partial charge in [-0.3, -0.25) is 0 Å².